The van der Waals surface area contributed by atoms with Gasteiger partial charge in [0.1, 0.15) is 0 Å². The highest BCUT2D eigenvalue weighted by Gasteiger charge is 2.23. The summed E-state index contributed by atoms with van der Waals surface area (Å²) in [7, 11) is 0. The summed E-state index contributed by atoms with van der Waals surface area (Å²) in [4.78, 5) is 0. The SMILES string of the molecule is CCC(CC)CC(O)C(CN)C(C)C. The van der Waals surface area contributed by atoms with Crippen molar-refractivity contribution in [1.82, 2.24) is 0 Å². The summed E-state index contributed by atoms with van der Waals surface area (Å²) in [6.07, 6.45) is 3.00. The van der Waals surface area contributed by atoms with Gasteiger partial charge in [-0.15, -0.1) is 0 Å². The van der Waals surface area contributed by atoms with Gasteiger partial charge in [0, 0.05) is 0 Å². The fourth-order valence-corrected chi connectivity index (χ4v) is 2.01. The first kappa shape index (κ1) is 13.9. The average molecular weight is 201 g/mol. The minimum absolute atomic E-state index is 0.218. The van der Waals surface area contributed by atoms with Crippen LogP contribution in [0.2, 0.25) is 0 Å². The first-order valence-electron chi connectivity index (χ1n) is 5.94. The minimum atomic E-state index is -0.218. The zero-order valence-corrected chi connectivity index (χ0v) is 10.2. The Morgan fingerprint density at radius 3 is 1.93 bits per heavy atom. The van der Waals surface area contributed by atoms with Crippen LogP contribution in [0.3, 0.4) is 0 Å². The molecule has 0 fully saturated rings. The summed E-state index contributed by atoms with van der Waals surface area (Å²) in [6, 6.07) is 0. The molecule has 14 heavy (non-hydrogen) atoms. The van der Waals surface area contributed by atoms with Crippen LogP contribution < -0.4 is 5.73 Å². The lowest BCUT2D eigenvalue weighted by Gasteiger charge is -2.27. The van der Waals surface area contributed by atoms with Crippen LogP contribution in [0.4, 0.5) is 0 Å². The van der Waals surface area contributed by atoms with E-state index in [9.17, 15) is 5.11 Å². The van der Waals surface area contributed by atoms with E-state index in [4.69, 9.17) is 5.73 Å². The Morgan fingerprint density at radius 2 is 1.64 bits per heavy atom. The van der Waals surface area contributed by atoms with E-state index in [1.807, 2.05) is 0 Å². The molecule has 3 N–H and O–H groups in total. The predicted octanol–water partition coefficient (Wildman–Crippen LogP) is 2.40. The van der Waals surface area contributed by atoms with Crippen molar-refractivity contribution in [3.63, 3.8) is 0 Å². The molecule has 0 rings (SSSR count). The normalized spacial score (nSPS) is 16.3. The maximum Gasteiger partial charge on any atom is 0.0585 e. The smallest absolute Gasteiger partial charge is 0.0585 e. The van der Waals surface area contributed by atoms with Gasteiger partial charge in [-0.3, -0.25) is 0 Å². The van der Waals surface area contributed by atoms with E-state index < -0.39 is 0 Å². The highest BCUT2D eigenvalue weighted by molar-refractivity contribution is 4.75. The lowest BCUT2D eigenvalue weighted by atomic mass is 9.84. The van der Waals surface area contributed by atoms with E-state index in [2.05, 4.69) is 27.7 Å². The molecule has 0 aromatic carbocycles. The van der Waals surface area contributed by atoms with Gasteiger partial charge in [0.05, 0.1) is 6.10 Å². The van der Waals surface area contributed by atoms with Gasteiger partial charge in [0.25, 0.3) is 0 Å². The second-order valence-electron chi connectivity index (χ2n) is 4.63. The van der Waals surface area contributed by atoms with Crippen molar-refractivity contribution in [2.75, 3.05) is 6.54 Å². The maximum atomic E-state index is 10.0. The molecule has 0 saturated heterocycles. The Hall–Kier alpha value is -0.0800. The summed E-state index contributed by atoms with van der Waals surface area (Å²) >= 11 is 0. The van der Waals surface area contributed by atoms with Gasteiger partial charge in [-0.25, -0.2) is 0 Å². The first-order chi connectivity index (χ1) is 6.56. The van der Waals surface area contributed by atoms with Crippen molar-refractivity contribution in [3.05, 3.63) is 0 Å². The quantitative estimate of drug-likeness (QED) is 0.664. The molecule has 2 atom stereocenters. The van der Waals surface area contributed by atoms with E-state index >= 15 is 0 Å². The average Bonchev–Trinajstić information content (AvgIpc) is 2.14. The van der Waals surface area contributed by atoms with Crippen molar-refractivity contribution in [2.24, 2.45) is 23.5 Å². The van der Waals surface area contributed by atoms with Crippen LogP contribution in [0.15, 0.2) is 0 Å². The van der Waals surface area contributed by atoms with E-state index in [0.29, 0.717) is 18.4 Å². The fraction of sp³-hybridized carbons (Fsp3) is 1.00. The van der Waals surface area contributed by atoms with Crippen LogP contribution in [-0.2, 0) is 0 Å². The molecule has 86 valence electrons. The van der Waals surface area contributed by atoms with Crippen molar-refractivity contribution in [3.8, 4) is 0 Å². The lowest BCUT2D eigenvalue weighted by molar-refractivity contribution is 0.0616. The number of aliphatic hydroxyl groups is 1. The van der Waals surface area contributed by atoms with Crippen molar-refractivity contribution in [2.45, 2.75) is 53.1 Å². The topological polar surface area (TPSA) is 46.2 Å². The second kappa shape index (κ2) is 7.24. The van der Waals surface area contributed by atoms with Gasteiger partial charge >= 0.3 is 0 Å². The standard InChI is InChI=1S/C12H27NO/c1-5-10(6-2)7-12(14)11(8-13)9(3)4/h9-12,14H,5-8,13H2,1-4H3. The van der Waals surface area contributed by atoms with Crippen LogP contribution in [0.25, 0.3) is 0 Å². The van der Waals surface area contributed by atoms with E-state index in [1.165, 1.54) is 0 Å². The molecule has 0 spiro atoms. The van der Waals surface area contributed by atoms with Gasteiger partial charge in [-0.2, -0.15) is 0 Å². The summed E-state index contributed by atoms with van der Waals surface area (Å²) in [5.74, 6) is 1.39. The summed E-state index contributed by atoms with van der Waals surface area (Å²) in [5.41, 5.74) is 5.67. The molecule has 0 bridgehead atoms. The Morgan fingerprint density at radius 1 is 1.14 bits per heavy atom. The van der Waals surface area contributed by atoms with Crippen LogP contribution in [0.5, 0.6) is 0 Å². The monoisotopic (exact) mass is 201 g/mol. The molecule has 2 unspecified atom stereocenters. The van der Waals surface area contributed by atoms with Crippen LogP contribution in [-0.4, -0.2) is 17.8 Å². The Labute approximate surface area is 88.9 Å². The molecule has 0 aliphatic heterocycles. The third kappa shape index (κ3) is 4.43. The van der Waals surface area contributed by atoms with Crippen LogP contribution >= 0.6 is 0 Å². The highest BCUT2D eigenvalue weighted by Crippen LogP contribution is 2.23. The number of hydrogen-bond donors (Lipinski definition) is 2. The predicted molar refractivity (Wildman–Crippen MR) is 62.1 cm³/mol. The molecule has 0 aromatic rings. The van der Waals surface area contributed by atoms with Gasteiger partial charge in [0.2, 0.25) is 0 Å². The molecule has 2 nitrogen and oxygen atoms in total. The van der Waals surface area contributed by atoms with Crippen molar-refractivity contribution >= 4 is 0 Å². The number of nitrogens with two attached hydrogens (primary N) is 1. The Balaban J connectivity index is 4.08. The second-order valence-corrected chi connectivity index (χ2v) is 4.63. The summed E-state index contributed by atoms with van der Waals surface area (Å²) in [5, 5.41) is 10.0. The van der Waals surface area contributed by atoms with Crippen LogP contribution in [0, 0.1) is 17.8 Å². The first-order valence-corrected chi connectivity index (χ1v) is 5.94. The third-order valence-electron chi connectivity index (χ3n) is 3.35. The lowest BCUT2D eigenvalue weighted by Crippen LogP contribution is -2.33. The summed E-state index contributed by atoms with van der Waals surface area (Å²) < 4.78 is 0. The maximum absolute atomic E-state index is 10.0. The minimum Gasteiger partial charge on any atom is -0.393 e. The van der Waals surface area contributed by atoms with Gasteiger partial charge < -0.3 is 10.8 Å². The van der Waals surface area contributed by atoms with Gasteiger partial charge in [-0.05, 0) is 30.7 Å². The van der Waals surface area contributed by atoms with Gasteiger partial charge in [0.15, 0.2) is 0 Å². The Kier molecular flexibility index (Phi) is 7.20. The number of aliphatic hydroxyl groups excluding tert-OH is 1. The summed E-state index contributed by atoms with van der Waals surface area (Å²) in [6.45, 7) is 9.24. The number of hydrogen-bond acceptors (Lipinski definition) is 2. The van der Waals surface area contributed by atoms with Gasteiger partial charge in [-0.1, -0.05) is 40.5 Å². The van der Waals surface area contributed by atoms with Crippen molar-refractivity contribution < 1.29 is 5.11 Å². The van der Waals surface area contributed by atoms with E-state index in [0.717, 1.165) is 19.3 Å². The largest absolute Gasteiger partial charge is 0.393 e. The molecule has 0 heterocycles. The van der Waals surface area contributed by atoms with Crippen LogP contribution in [0.1, 0.15) is 47.0 Å². The fourth-order valence-electron chi connectivity index (χ4n) is 2.01. The molecule has 0 aliphatic carbocycles. The molecule has 0 saturated carbocycles. The molecule has 0 amide bonds. The molecule has 0 aromatic heterocycles. The highest BCUT2D eigenvalue weighted by atomic mass is 16.3. The van der Waals surface area contributed by atoms with Crippen molar-refractivity contribution in [1.29, 1.82) is 0 Å². The van der Waals surface area contributed by atoms with E-state index in [-0.39, 0.29) is 12.0 Å². The zero-order valence-electron chi connectivity index (χ0n) is 10.2. The van der Waals surface area contributed by atoms with E-state index in [1.54, 1.807) is 0 Å². The molecular formula is C12H27NO. The molecule has 0 radical (unpaired) electrons. The molecule has 0 aliphatic rings. The molecule has 2 heteroatoms. The third-order valence-corrected chi connectivity index (χ3v) is 3.35. The Bertz CT molecular complexity index is 132. The zero-order chi connectivity index (χ0) is 11.1. The number of rotatable bonds is 7. The molecular weight excluding hydrogens is 174 g/mol.